The van der Waals surface area contributed by atoms with Crippen LogP contribution in [0.4, 0.5) is 0 Å². The molecular weight excluding hydrogens is 398 g/mol. The van der Waals surface area contributed by atoms with Crippen molar-refractivity contribution in [2.75, 3.05) is 0 Å². The normalized spacial score (nSPS) is 16.5. The topological polar surface area (TPSA) is 89.6 Å². The van der Waals surface area contributed by atoms with Crippen LogP contribution in [0.25, 0.3) is 11.3 Å². The Balaban J connectivity index is 1.87. The van der Waals surface area contributed by atoms with Crippen molar-refractivity contribution >= 4 is 28.7 Å². The largest absolute Gasteiger partial charge is 0.456 e. The van der Waals surface area contributed by atoms with Crippen molar-refractivity contribution in [2.24, 2.45) is 5.73 Å². The summed E-state index contributed by atoms with van der Waals surface area (Å²) in [6.45, 7) is 0.441. The summed E-state index contributed by atoms with van der Waals surface area (Å²) in [5, 5.41) is 0. The molecule has 3 aromatic rings. The van der Waals surface area contributed by atoms with E-state index in [1.165, 1.54) is 0 Å². The molecule has 3 aromatic carbocycles. The van der Waals surface area contributed by atoms with Gasteiger partial charge in [-0.1, -0.05) is 66.7 Å². The second-order valence-electron chi connectivity index (χ2n) is 7.06. The van der Waals surface area contributed by atoms with E-state index in [9.17, 15) is 9.00 Å². The second-order valence-corrected chi connectivity index (χ2v) is 7.99. The van der Waals surface area contributed by atoms with Crippen molar-refractivity contribution < 1.29 is 18.3 Å². The molecule has 152 valence electrons. The third-order valence-electron chi connectivity index (χ3n) is 5.16. The molecule has 0 saturated carbocycles. The van der Waals surface area contributed by atoms with Gasteiger partial charge in [0.1, 0.15) is 17.8 Å². The van der Waals surface area contributed by atoms with Crippen molar-refractivity contribution in [1.29, 1.82) is 0 Å². The zero-order valence-electron chi connectivity index (χ0n) is 16.2. The average molecular weight is 420 g/mol. The first-order valence-corrected chi connectivity index (χ1v) is 10.8. The van der Waals surface area contributed by atoms with Crippen LogP contribution in [0.5, 0.6) is 5.75 Å². The van der Waals surface area contributed by atoms with E-state index >= 15 is 0 Å². The first-order chi connectivity index (χ1) is 14.6. The minimum Gasteiger partial charge on any atom is -0.456 e. The van der Waals surface area contributed by atoms with E-state index in [2.05, 4.69) is 0 Å². The molecule has 1 aliphatic rings. The van der Waals surface area contributed by atoms with Crippen molar-refractivity contribution in [3.05, 3.63) is 101 Å². The predicted octanol–water partition coefficient (Wildman–Crippen LogP) is 4.11. The lowest BCUT2D eigenvalue weighted by molar-refractivity contribution is -0.108. The number of aldehydes is 1. The zero-order valence-corrected chi connectivity index (χ0v) is 17.0. The van der Waals surface area contributed by atoms with Gasteiger partial charge < -0.3 is 19.8 Å². The number of nitrogens with two attached hydrogens (primary N) is 1. The molecule has 1 heterocycles. The smallest absolute Gasteiger partial charge is 0.157 e. The van der Waals surface area contributed by atoms with Crippen LogP contribution >= 0.6 is 0 Å². The molecule has 0 fully saturated rings. The number of para-hydroxylation sites is 1. The van der Waals surface area contributed by atoms with Crippen LogP contribution in [-0.2, 0) is 28.2 Å². The quantitative estimate of drug-likeness (QED) is 0.464. The molecule has 0 radical (unpaired) electrons. The Morgan fingerprint density at radius 2 is 1.57 bits per heavy atom. The third kappa shape index (κ3) is 3.98. The van der Waals surface area contributed by atoms with Gasteiger partial charge in [-0.25, -0.2) is 4.21 Å². The first kappa shape index (κ1) is 20.2. The zero-order chi connectivity index (χ0) is 21.1. The fourth-order valence-corrected chi connectivity index (χ4v) is 4.15. The molecule has 0 bridgehead atoms. The van der Waals surface area contributed by atoms with E-state index in [4.69, 9.17) is 15.0 Å². The molecule has 6 heteroatoms. The summed E-state index contributed by atoms with van der Waals surface area (Å²) in [5.41, 5.74) is 10.8. The Kier molecular flexibility index (Phi) is 5.90. The maximum absolute atomic E-state index is 12.2. The standard InChI is InChI=1S/C24H21NO4S/c25-13-16-5-9-18(10-6-16)23-21(14-26)20-3-1-2-4-22(20)29-24(23)19-11-7-17(8-12-19)15-30(27)28/h1-12,14,21H,13,15,25H2,(H,27,28). The van der Waals surface area contributed by atoms with E-state index in [0.29, 0.717) is 18.1 Å². The molecule has 0 spiro atoms. The summed E-state index contributed by atoms with van der Waals surface area (Å²) < 4.78 is 26.5. The maximum atomic E-state index is 12.2. The van der Waals surface area contributed by atoms with Gasteiger partial charge in [0.15, 0.2) is 11.1 Å². The van der Waals surface area contributed by atoms with E-state index in [-0.39, 0.29) is 5.75 Å². The summed E-state index contributed by atoms with van der Waals surface area (Å²) in [7, 11) is 0. The molecular formula is C24H21NO4S. The molecule has 4 rings (SSSR count). The van der Waals surface area contributed by atoms with Crippen LogP contribution < -0.4 is 10.5 Å². The molecule has 30 heavy (non-hydrogen) atoms. The minimum atomic E-state index is -1.90. The lowest BCUT2D eigenvalue weighted by Crippen LogP contribution is -2.16. The molecule has 1 aliphatic heterocycles. The Hall–Kier alpha value is -3.06. The summed E-state index contributed by atoms with van der Waals surface area (Å²) in [6, 6.07) is 22.6. The number of ether oxygens (including phenoxy) is 1. The van der Waals surface area contributed by atoms with Gasteiger partial charge in [0.2, 0.25) is 0 Å². The summed E-state index contributed by atoms with van der Waals surface area (Å²) in [5.74, 6) is 0.835. The van der Waals surface area contributed by atoms with Crippen molar-refractivity contribution in [3.63, 3.8) is 0 Å². The molecule has 0 amide bonds. The monoisotopic (exact) mass is 419 g/mol. The average Bonchev–Trinajstić information content (AvgIpc) is 2.78. The van der Waals surface area contributed by atoms with Crippen molar-refractivity contribution in [1.82, 2.24) is 0 Å². The van der Waals surface area contributed by atoms with Crippen molar-refractivity contribution in [3.8, 4) is 5.75 Å². The Morgan fingerprint density at radius 1 is 0.933 bits per heavy atom. The SMILES string of the molecule is NCc1ccc(C2=C(c3ccc(CS(=O)O)cc3)Oc3ccccc3C2C=O)cc1. The van der Waals surface area contributed by atoms with Crippen LogP contribution in [0.15, 0.2) is 72.8 Å². The summed E-state index contributed by atoms with van der Waals surface area (Å²) in [4.78, 5) is 12.2. The number of carbonyl (C=O) groups excluding carboxylic acids is 1. The van der Waals surface area contributed by atoms with Crippen LogP contribution in [0.2, 0.25) is 0 Å². The van der Waals surface area contributed by atoms with Crippen LogP contribution in [0.1, 0.15) is 33.7 Å². The fraction of sp³-hybridized carbons (Fsp3) is 0.125. The number of carbonyl (C=O) groups is 1. The van der Waals surface area contributed by atoms with Crippen molar-refractivity contribution in [2.45, 2.75) is 18.2 Å². The highest BCUT2D eigenvalue weighted by atomic mass is 32.2. The highest BCUT2D eigenvalue weighted by molar-refractivity contribution is 7.78. The van der Waals surface area contributed by atoms with Crippen LogP contribution in [0, 0.1) is 0 Å². The fourth-order valence-electron chi connectivity index (χ4n) is 3.67. The molecule has 0 aliphatic carbocycles. The molecule has 0 saturated heterocycles. The number of allylic oxidation sites excluding steroid dienone is 1. The molecule has 2 unspecified atom stereocenters. The van der Waals surface area contributed by atoms with Gasteiger partial charge >= 0.3 is 0 Å². The number of fused-ring (bicyclic) bond motifs is 1. The Bertz CT molecular complexity index is 1120. The van der Waals surface area contributed by atoms with Gasteiger partial charge in [-0.05, 0) is 22.8 Å². The van der Waals surface area contributed by atoms with Gasteiger partial charge in [0.25, 0.3) is 0 Å². The molecule has 2 atom stereocenters. The molecule has 0 aromatic heterocycles. The second kappa shape index (κ2) is 8.75. The first-order valence-electron chi connectivity index (χ1n) is 9.53. The van der Waals surface area contributed by atoms with Gasteiger partial charge in [-0.2, -0.15) is 0 Å². The van der Waals surface area contributed by atoms with E-state index in [1.807, 2.05) is 60.7 Å². The number of hydrogen-bond donors (Lipinski definition) is 2. The lowest BCUT2D eigenvalue weighted by Gasteiger charge is -2.28. The van der Waals surface area contributed by atoms with Crippen LogP contribution in [-0.4, -0.2) is 15.0 Å². The van der Waals surface area contributed by atoms with Gasteiger partial charge in [-0.3, -0.25) is 0 Å². The van der Waals surface area contributed by atoms with Gasteiger partial charge in [-0.15, -0.1) is 0 Å². The summed E-state index contributed by atoms with van der Waals surface area (Å²) in [6.07, 6.45) is 0.941. The molecule has 3 N–H and O–H groups in total. The highest BCUT2D eigenvalue weighted by Gasteiger charge is 2.31. The lowest BCUT2D eigenvalue weighted by atomic mass is 9.83. The number of hydrogen-bond acceptors (Lipinski definition) is 4. The van der Waals surface area contributed by atoms with E-state index in [0.717, 1.165) is 39.7 Å². The Labute approximate surface area is 177 Å². The third-order valence-corrected chi connectivity index (χ3v) is 5.74. The predicted molar refractivity (Wildman–Crippen MR) is 118 cm³/mol. The summed E-state index contributed by atoms with van der Waals surface area (Å²) >= 11 is -1.90. The number of rotatable bonds is 6. The number of benzene rings is 3. The van der Waals surface area contributed by atoms with Crippen LogP contribution in [0.3, 0.4) is 0 Å². The van der Waals surface area contributed by atoms with E-state index < -0.39 is 17.0 Å². The molecule has 5 nitrogen and oxygen atoms in total. The maximum Gasteiger partial charge on any atom is 0.157 e. The Morgan fingerprint density at radius 3 is 2.20 bits per heavy atom. The highest BCUT2D eigenvalue weighted by Crippen LogP contribution is 2.45. The van der Waals surface area contributed by atoms with Gasteiger partial charge in [0, 0.05) is 23.2 Å². The minimum absolute atomic E-state index is 0.0629. The van der Waals surface area contributed by atoms with E-state index in [1.54, 1.807) is 12.1 Å². The van der Waals surface area contributed by atoms with Gasteiger partial charge in [0.05, 0.1) is 11.7 Å².